The Morgan fingerprint density at radius 2 is 1.61 bits per heavy atom. The molecule has 3 rings (SSSR count). The molecule has 1 heteroatoms. The van der Waals surface area contributed by atoms with E-state index in [0.29, 0.717) is 0 Å². The van der Waals surface area contributed by atoms with Gasteiger partial charge >= 0.3 is 0 Å². The zero-order valence-electron chi connectivity index (χ0n) is 10.3. The monoisotopic (exact) mass is 234 g/mol. The Kier molecular flexibility index (Phi) is 2.60. The average Bonchev–Trinajstić information content (AvgIpc) is 2.77. The van der Waals surface area contributed by atoms with Gasteiger partial charge in [0.25, 0.3) is 0 Å². The number of hydrogen-bond donors (Lipinski definition) is 0. The molecule has 0 N–H and O–H groups in total. The van der Waals surface area contributed by atoms with E-state index < -0.39 is 0 Å². The second-order valence-corrected chi connectivity index (χ2v) is 4.63. The van der Waals surface area contributed by atoms with Gasteiger partial charge in [0.05, 0.1) is 0 Å². The number of rotatable bonds is 1. The highest BCUT2D eigenvalue weighted by Gasteiger charge is 2.25. The van der Waals surface area contributed by atoms with Gasteiger partial charge in [-0.25, -0.2) is 0 Å². The normalized spacial score (nSPS) is 16.6. The number of carbonyl (C=O) groups excluding carboxylic acids is 1. The molecule has 0 saturated carbocycles. The maximum absolute atomic E-state index is 12.4. The third-order valence-electron chi connectivity index (χ3n) is 3.56. The predicted molar refractivity (Wildman–Crippen MR) is 73.5 cm³/mol. The van der Waals surface area contributed by atoms with Crippen LogP contribution in [0.4, 0.5) is 0 Å². The van der Waals surface area contributed by atoms with Crippen LogP contribution in [0.25, 0.3) is 5.57 Å². The minimum absolute atomic E-state index is 0.187. The van der Waals surface area contributed by atoms with Gasteiger partial charge in [0, 0.05) is 17.6 Å². The van der Waals surface area contributed by atoms with Crippen molar-refractivity contribution < 1.29 is 4.79 Å². The first-order valence-electron chi connectivity index (χ1n) is 6.15. The van der Waals surface area contributed by atoms with Crippen molar-refractivity contribution in [3.63, 3.8) is 0 Å². The number of ketones is 1. The number of carbonyl (C=O) groups is 1. The quantitative estimate of drug-likeness (QED) is 0.684. The molecular weight excluding hydrogens is 220 g/mol. The Balaban J connectivity index is 2.09. The lowest BCUT2D eigenvalue weighted by molar-refractivity contribution is 0.104. The van der Waals surface area contributed by atoms with Crippen molar-refractivity contribution in [3.05, 3.63) is 76.9 Å². The van der Waals surface area contributed by atoms with E-state index in [1.807, 2.05) is 49.4 Å². The molecule has 0 radical (unpaired) electrons. The molecule has 0 saturated heterocycles. The predicted octanol–water partition coefficient (Wildman–Crippen LogP) is 3.90. The van der Waals surface area contributed by atoms with Crippen LogP contribution in [0.3, 0.4) is 0 Å². The Bertz CT molecular complexity index is 636. The fraction of sp³-hybridized carbons (Fsp3) is 0.118. The van der Waals surface area contributed by atoms with Crippen LogP contribution < -0.4 is 0 Å². The van der Waals surface area contributed by atoms with E-state index in [2.05, 4.69) is 12.1 Å². The van der Waals surface area contributed by atoms with Crippen LogP contribution in [0.5, 0.6) is 0 Å². The molecule has 0 bridgehead atoms. The van der Waals surface area contributed by atoms with E-state index >= 15 is 0 Å². The zero-order valence-corrected chi connectivity index (χ0v) is 10.3. The minimum atomic E-state index is 0.187. The van der Waals surface area contributed by atoms with Gasteiger partial charge < -0.3 is 0 Å². The molecule has 0 spiro atoms. The van der Waals surface area contributed by atoms with Crippen molar-refractivity contribution in [1.29, 1.82) is 0 Å². The molecule has 0 aliphatic heterocycles. The van der Waals surface area contributed by atoms with Gasteiger partial charge in [-0.1, -0.05) is 54.6 Å². The Morgan fingerprint density at radius 3 is 2.33 bits per heavy atom. The van der Waals surface area contributed by atoms with Crippen LogP contribution in [0, 0.1) is 0 Å². The molecule has 1 nitrogen and oxygen atoms in total. The number of Topliss-reactive ketones (excluding diaryl/α,β-unsaturated/α-hetero) is 1. The molecule has 0 amide bonds. The third-order valence-corrected chi connectivity index (χ3v) is 3.56. The Morgan fingerprint density at radius 1 is 0.944 bits per heavy atom. The topological polar surface area (TPSA) is 17.1 Å². The summed E-state index contributed by atoms with van der Waals surface area (Å²) < 4.78 is 0. The molecular formula is C17H14O. The van der Waals surface area contributed by atoms with Crippen LogP contribution in [0.15, 0.2) is 60.2 Å². The van der Waals surface area contributed by atoms with Gasteiger partial charge in [-0.15, -0.1) is 0 Å². The van der Waals surface area contributed by atoms with E-state index in [4.69, 9.17) is 0 Å². The number of benzene rings is 2. The SMILES string of the molecule is CC(=C1Cc2ccccc2C1=O)c1ccccc1. The number of allylic oxidation sites excluding steroid dienone is 2. The molecule has 0 heterocycles. The maximum atomic E-state index is 12.4. The van der Waals surface area contributed by atoms with E-state index in [1.54, 1.807) is 0 Å². The summed E-state index contributed by atoms with van der Waals surface area (Å²) in [4.78, 5) is 12.4. The first-order valence-corrected chi connectivity index (χ1v) is 6.15. The van der Waals surface area contributed by atoms with Gasteiger partial charge in [0.1, 0.15) is 0 Å². The largest absolute Gasteiger partial charge is 0.289 e. The van der Waals surface area contributed by atoms with Gasteiger partial charge in [-0.05, 0) is 23.6 Å². The van der Waals surface area contributed by atoms with E-state index in [-0.39, 0.29) is 5.78 Å². The molecule has 0 atom stereocenters. The first kappa shape index (κ1) is 11.0. The number of fused-ring (bicyclic) bond motifs is 1. The van der Waals surface area contributed by atoms with Crippen molar-refractivity contribution >= 4 is 11.4 Å². The molecule has 1 aliphatic rings. The molecule has 2 aromatic rings. The van der Waals surface area contributed by atoms with Gasteiger partial charge in [-0.3, -0.25) is 4.79 Å². The van der Waals surface area contributed by atoms with Crippen molar-refractivity contribution in [2.75, 3.05) is 0 Å². The highest BCUT2D eigenvalue weighted by atomic mass is 16.1. The molecule has 1 aliphatic carbocycles. The summed E-state index contributed by atoms with van der Waals surface area (Å²) in [5, 5.41) is 0. The van der Waals surface area contributed by atoms with E-state index in [1.165, 1.54) is 0 Å². The van der Waals surface area contributed by atoms with E-state index in [0.717, 1.165) is 34.3 Å². The van der Waals surface area contributed by atoms with Crippen LogP contribution >= 0.6 is 0 Å². The highest BCUT2D eigenvalue weighted by molar-refractivity contribution is 6.17. The molecule has 2 aromatic carbocycles. The lowest BCUT2D eigenvalue weighted by Gasteiger charge is -2.05. The fourth-order valence-corrected chi connectivity index (χ4v) is 2.49. The number of hydrogen-bond acceptors (Lipinski definition) is 1. The van der Waals surface area contributed by atoms with E-state index in [9.17, 15) is 4.79 Å². The summed E-state index contributed by atoms with van der Waals surface area (Å²) in [5.74, 6) is 0.187. The zero-order chi connectivity index (χ0) is 12.5. The van der Waals surface area contributed by atoms with Crippen molar-refractivity contribution in [1.82, 2.24) is 0 Å². The van der Waals surface area contributed by atoms with Crippen LogP contribution in [-0.4, -0.2) is 5.78 Å². The summed E-state index contributed by atoms with van der Waals surface area (Å²) in [6.45, 7) is 2.04. The Labute approximate surface area is 107 Å². The summed E-state index contributed by atoms with van der Waals surface area (Å²) in [6, 6.07) is 18.0. The maximum Gasteiger partial charge on any atom is 0.189 e. The molecule has 18 heavy (non-hydrogen) atoms. The summed E-state index contributed by atoms with van der Waals surface area (Å²) >= 11 is 0. The molecule has 88 valence electrons. The third kappa shape index (κ3) is 1.68. The van der Waals surface area contributed by atoms with Crippen LogP contribution in [0.1, 0.15) is 28.4 Å². The second-order valence-electron chi connectivity index (χ2n) is 4.63. The lowest BCUT2D eigenvalue weighted by Crippen LogP contribution is -1.98. The van der Waals surface area contributed by atoms with Crippen molar-refractivity contribution in [2.45, 2.75) is 13.3 Å². The van der Waals surface area contributed by atoms with Crippen LogP contribution in [-0.2, 0) is 6.42 Å². The van der Waals surface area contributed by atoms with Gasteiger partial charge in [-0.2, -0.15) is 0 Å². The van der Waals surface area contributed by atoms with Crippen LogP contribution in [0.2, 0.25) is 0 Å². The Hall–Kier alpha value is -2.15. The lowest BCUT2D eigenvalue weighted by atomic mass is 9.99. The minimum Gasteiger partial charge on any atom is -0.289 e. The highest BCUT2D eigenvalue weighted by Crippen LogP contribution is 2.31. The average molecular weight is 234 g/mol. The van der Waals surface area contributed by atoms with Crippen molar-refractivity contribution in [3.8, 4) is 0 Å². The van der Waals surface area contributed by atoms with Crippen molar-refractivity contribution in [2.24, 2.45) is 0 Å². The summed E-state index contributed by atoms with van der Waals surface area (Å²) in [7, 11) is 0. The second kappa shape index (κ2) is 4.26. The fourth-order valence-electron chi connectivity index (χ4n) is 2.49. The standard InChI is InChI=1S/C17H14O/c1-12(13-7-3-2-4-8-13)16-11-14-9-5-6-10-15(14)17(16)18/h2-10H,11H2,1H3. The molecule has 0 fully saturated rings. The molecule has 0 unspecified atom stereocenters. The van der Waals surface area contributed by atoms with Gasteiger partial charge in [0.15, 0.2) is 5.78 Å². The summed E-state index contributed by atoms with van der Waals surface area (Å²) in [5.41, 5.74) is 5.17. The first-order chi connectivity index (χ1) is 8.77. The smallest absolute Gasteiger partial charge is 0.189 e. The molecule has 0 aromatic heterocycles. The van der Waals surface area contributed by atoms with Gasteiger partial charge in [0.2, 0.25) is 0 Å². The summed E-state index contributed by atoms with van der Waals surface area (Å²) in [6.07, 6.45) is 0.760.